The molecule has 3 heterocycles. The fraction of sp³-hybridized carbons (Fsp3) is 0.583. The van der Waals surface area contributed by atoms with E-state index in [4.69, 9.17) is 4.42 Å². The van der Waals surface area contributed by atoms with Crippen molar-refractivity contribution in [1.29, 1.82) is 0 Å². The molecule has 2 aliphatic heterocycles. The molecule has 0 radical (unpaired) electrons. The van der Waals surface area contributed by atoms with Crippen LogP contribution in [0.15, 0.2) is 21.2 Å². The molecule has 3 rings (SSSR count). The molecule has 1 unspecified atom stereocenters. The van der Waals surface area contributed by atoms with Gasteiger partial charge in [-0.05, 0) is 53.4 Å². The van der Waals surface area contributed by atoms with Gasteiger partial charge in [-0.1, -0.05) is 0 Å². The Kier molecular flexibility index (Phi) is 2.96. The summed E-state index contributed by atoms with van der Waals surface area (Å²) in [7, 11) is 0. The van der Waals surface area contributed by atoms with Crippen molar-refractivity contribution < 1.29 is 9.21 Å². The summed E-state index contributed by atoms with van der Waals surface area (Å²) < 4.78 is 5.84. The van der Waals surface area contributed by atoms with Crippen molar-refractivity contribution in [3.8, 4) is 0 Å². The highest BCUT2D eigenvalue weighted by molar-refractivity contribution is 9.10. The Morgan fingerprint density at radius 2 is 2.35 bits per heavy atom. The first-order valence-electron chi connectivity index (χ1n) is 5.99. The van der Waals surface area contributed by atoms with Crippen LogP contribution < -0.4 is 5.32 Å². The van der Waals surface area contributed by atoms with Crippen molar-refractivity contribution in [3.05, 3.63) is 22.6 Å². The van der Waals surface area contributed by atoms with Gasteiger partial charge in [0.25, 0.3) is 5.91 Å². The predicted octanol–water partition coefficient (Wildman–Crippen LogP) is 1.87. The molecule has 2 aliphatic rings. The molecule has 0 spiro atoms. The van der Waals surface area contributed by atoms with Gasteiger partial charge < -0.3 is 14.6 Å². The lowest BCUT2D eigenvalue weighted by molar-refractivity contribution is 0.0880. The summed E-state index contributed by atoms with van der Waals surface area (Å²) in [6.45, 7) is 3.37. The van der Waals surface area contributed by atoms with Gasteiger partial charge in [0.1, 0.15) is 0 Å². The lowest BCUT2D eigenvalue weighted by Crippen LogP contribution is -2.46. The number of piperidine rings is 1. The Bertz CT molecular complexity index is 420. The maximum Gasteiger partial charge on any atom is 0.287 e. The second-order valence-electron chi connectivity index (χ2n) is 4.92. The first-order chi connectivity index (χ1) is 8.20. The van der Waals surface area contributed by atoms with E-state index >= 15 is 0 Å². The van der Waals surface area contributed by atoms with E-state index in [1.165, 1.54) is 19.5 Å². The Morgan fingerprint density at radius 3 is 3.06 bits per heavy atom. The minimum Gasteiger partial charge on any atom is -0.444 e. The molecule has 5 heteroatoms. The molecule has 1 aromatic rings. The molecule has 3 atom stereocenters. The average Bonchev–Trinajstić information content (AvgIpc) is 2.85. The standard InChI is InChI=1S/C12H15BrN2O2/c13-11-2-1-10(17-11)12(16)14-9-5-8-3-4-15(6-8)7-9/h1-2,8-9H,3-7H2,(H,14,16)/t8-,9-/m1/s1. The predicted molar refractivity (Wildman–Crippen MR) is 66.8 cm³/mol. The molecule has 2 fully saturated rings. The zero-order valence-electron chi connectivity index (χ0n) is 9.49. The molecule has 2 bridgehead atoms. The van der Waals surface area contributed by atoms with Crippen molar-refractivity contribution in [1.82, 2.24) is 10.2 Å². The van der Waals surface area contributed by atoms with Crippen LogP contribution in [0, 0.1) is 5.92 Å². The zero-order chi connectivity index (χ0) is 11.8. The first-order valence-corrected chi connectivity index (χ1v) is 6.78. The summed E-state index contributed by atoms with van der Waals surface area (Å²) in [6.07, 6.45) is 2.38. The van der Waals surface area contributed by atoms with E-state index in [-0.39, 0.29) is 11.9 Å². The maximum absolute atomic E-state index is 11.9. The van der Waals surface area contributed by atoms with E-state index in [0.717, 1.165) is 18.9 Å². The smallest absolute Gasteiger partial charge is 0.287 e. The molecular weight excluding hydrogens is 284 g/mol. The minimum atomic E-state index is -0.108. The van der Waals surface area contributed by atoms with Crippen LogP contribution in [0.25, 0.3) is 0 Å². The van der Waals surface area contributed by atoms with Crippen LogP contribution in [0.4, 0.5) is 0 Å². The number of carbonyl (C=O) groups is 1. The van der Waals surface area contributed by atoms with Crippen molar-refractivity contribution in [2.75, 3.05) is 19.6 Å². The van der Waals surface area contributed by atoms with E-state index in [9.17, 15) is 4.79 Å². The molecular formula is C12H15BrN2O2. The Morgan fingerprint density at radius 1 is 1.47 bits per heavy atom. The number of rotatable bonds is 2. The number of nitrogens with one attached hydrogen (secondary N) is 1. The Hall–Kier alpha value is -0.810. The van der Waals surface area contributed by atoms with Gasteiger partial charge >= 0.3 is 0 Å². The van der Waals surface area contributed by atoms with Crippen LogP contribution in [0.3, 0.4) is 0 Å². The van der Waals surface area contributed by atoms with Gasteiger partial charge in [-0.3, -0.25) is 4.79 Å². The zero-order valence-corrected chi connectivity index (χ0v) is 11.1. The minimum absolute atomic E-state index is 0.108. The Labute approximate surface area is 108 Å². The number of halogens is 1. The molecule has 17 heavy (non-hydrogen) atoms. The summed E-state index contributed by atoms with van der Waals surface area (Å²) in [5.74, 6) is 1.03. The average molecular weight is 299 g/mol. The van der Waals surface area contributed by atoms with Crippen LogP contribution in [0.1, 0.15) is 23.4 Å². The largest absolute Gasteiger partial charge is 0.444 e. The summed E-state index contributed by atoms with van der Waals surface area (Å²) in [5, 5.41) is 3.05. The van der Waals surface area contributed by atoms with Crippen molar-refractivity contribution in [3.63, 3.8) is 0 Å². The fourth-order valence-electron chi connectivity index (χ4n) is 2.86. The number of carbonyl (C=O) groups excluding carboxylic acids is 1. The summed E-state index contributed by atoms with van der Waals surface area (Å²) >= 11 is 3.20. The van der Waals surface area contributed by atoms with Crippen molar-refractivity contribution >= 4 is 21.8 Å². The number of nitrogens with zero attached hydrogens (tertiary/aromatic N) is 1. The van der Waals surface area contributed by atoms with Crippen molar-refractivity contribution in [2.45, 2.75) is 18.9 Å². The molecule has 1 N–H and O–H groups in total. The SMILES string of the molecule is O=C(N[C@@H]1C[C@H]2CCN(C2)C1)c1ccc(Br)o1. The number of fused-ring (bicyclic) bond motifs is 2. The van der Waals surface area contributed by atoms with Crippen molar-refractivity contribution in [2.24, 2.45) is 5.92 Å². The quantitative estimate of drug-likeness (QED) is 0.907. The Balaban J connectivity index is 1.62. The topological polar surface area (TPSA) is 45.5 Å². The van der Waals surface area contributed by atoms with Gasteiger partial charge in [-0.25, -0.2) is 0 Å². The second-order valence-corrected chi connectivity index (χ2v) is 5.71. The number of furan rings is 1. The molecule has 0 aliphatic carbocycles. The van der Waals surface area contributed by atoms with Gasteiger partial charge in [0.05, 0.1) is 0 Å². The number of hydrogen-bond donors (Lipinski definition) is 1. The van der Waals surface area contributed by atoms with Crippen LogP contribution in [-0.2, 0) is 0 Å². The number of hydrogen-bond acceptors (Lipinski definition) is 3. The third-order valence-corrected chi connectivity index (χ3v) is 4.02. The fourth-order valence-corrected chi connectivity index (χ4v) is 3.16. The first kappa shape index (κ1) is 11.3. The normalized spacial score (nSPS) is 31.5. The lowest BCUT2D eigenvalue weighted by atomic mass is 9.97. The summed E-state index contributed by atoms with van der Waals surface area (Å²) in [6, 6.07) is 3.70. The molecule has 92 valence electrons. The monoisotopic (exact) mass is 298 g/mol. The number of amides is 1. The third-order valence-electron chi connectivity index (χ3n) is 3.60. The highest BCUT2D eigenvalue weighted by Gasteiger charge is 2.33. The van der Waals surface area contributed by atoms with E-state index in [0.29, 0.717) is 10.4 Å². The molecule has 1 amide bonds. The van der Waals surface area contributed by atoms with Crippen LogP contribution in [0.2, 0.25) is 0 Å². The van der Waals surface area contributed by atoms with Gasteiger partial charge in [-0.15, -0.1) is 0 Å². The maximum atomic E-state index is 11.9. The van der Waals surface area contributed by atoms with Crippen LogP contribution in [0.5, 0.6) is 0 Å². The lowest BCUT2D eigenvalue weighted by Gasteiger charge is -2.30. The highest BCUT2D eigenvalue weighted by Crippen LogP contribution is 2.27. The van der Waals surface area contributed by atoms with Gasteiger partial charge in [0.2, 0.25) is 0 Å². The molecule has 4 nitrogen and oxygen atoms in total. The summed E-state index contributed by atoms with van der Waals surface area (Å²) in [4.78, 5) is 14.3. The van der Waals surface area contributed by atoms with E-state index in [2.05, 4.69) is 26.1 Å². The second kappa shape index (κ2) is 4.46. The van der Waals surface area contributed by atoms with Gasteiger partial charge in [0.15, 0.2) is 10.4 Å². The third kappa shape index (κ3) is 2.40. The van der Waals surface area contributed by atoms with Crippen LogP contribution >= 0.6 is 15.9 Å². The summed E-state index contributed by atoms with van der Waals surface area (Å²) in [5.41, 5.74) is 0. The molecule has 0 aromatic carbocycles. The molecule has 1 aromatic heterocycles. The van der Waals surface area contributed by atoms with E-state index < -0.39 is 0 Å². The van der Waals surface area contributed by atoms with E-state index in [1.807, 2.05) is 0 Å². The molecule has 2 saturated heterocycles. The van der Waals surface area contributed by atoms with Crippen LogP contribution in [-0.4, -0.2) is 36.5 Å². The molecule has 0 saturated carbocycles. The van der Waals surface area contributed by atoms with Gasteiger partial charge in [0, 0.05) is 19.1 Å². The van der Waals surface area contributed by atoms with Gasteiger partial charge in [-0.2, -0.15) is 0 Å². The highest BCUT2D eigenvalue weighted by atomic mass is 79.9. The van der Waals surface area contributed by atoms with E-state index in [1.54, 1.807) is 12.1 Å².